The van der Waals surface area contributed by atoms with Crippen molar-refractivity contribution in [2.75, 3.05) is 0 Å². The highest BCUT2D eigenvalue weighted by molar-refractivity contribution is 6.24. The molecule has 2 aliphatic heterocycles. The summed E-state index contributed by atoms with van der Waals surface area (Å²) >= 11 is 0. The first-order chi connectivity index (χ1) is 9.22. The molecule has 0 saturated carbocycles. The van der Waals surface area contributed by atoms with Gasteiger partial charge in [-0.05, 0) is 12.0 Å². The summed E-state index contributed by atoms with van der Waals surface area (Å²) in [6.07, 6.45) is 1.52. The Hall–Kier alpha value is -2.50. The molecule has 0 saturated heterocycles. The number of hydrogen-bond acceptors (Lipinski definition) is 5. The minimum Gasteiger partial charge on any atom is -0.369 e. The minimum atomic E-state index is -0.627. The fraction of sp³-hybridized carbons (Fsp3) is 0.231. The van der Waals surface area contributed by atoms with E-state index in [1.165, 1.54) is 5.56 Å². The smallest absolute Gasteiger partial charge is 0.259 e. The number of guanidine groups is 1. The molecule has 1 aromatic carbocycles. The Labute approximate surface area is 110 Å². The van der Waals surface area contributed by atoms with Gasteiger partial charge in [-0.2, -0.15) is 4.99 Å². The number of nitrogens with zero attached hydrogens (tertiary/aromatic N) is 3. The van der Waals surface area contributed by atoms with Crippen LogP contribution in [0, 0.1) is 0 Å². The predicted octanol–water partition coefficient (Wildman–Crippen LogP) is 0.243. The normalized spacial score (nSPS) is 21.2. The van der Waals surface area contributed by atoms with Crippen LogP contribution in [0.2, 0.25) is 0 Å². The molecule has 0 fully saturated rings. The number of carbonyl (C=O) groups excluding carboxylic acids is 1. The van der Waals surface area contributed by atoms with E-state index >= 15 is 0 Å². The highest BCUT2D eigenvalue weighted by Crippen LogP contribution is 2.14. The van der Waals surface area contributed by atoms with E-state index in [2.05, 4.69) is 32.4 Å². The quantitative estimate of drug-likeness (QED) is 0.810. The molecule has 1 unspecified atom stereocenters. The van der Waals surface area contributed by atoms with Crippen molar-refractivity contribution >= 4 is 23.5 Å². The van der Waals surface area contributed by atoms with Crippen molar-refractivity contribution in [2.45, 2.75) is 18.9 Å². The predicted molar refractivity (Wildman–Crippen MR) is 73.2 cm³/mol. The van der Waals surface area contributed by atoms with Gasteiger partial charge in [0.1, 0.15) is 5.84 Å². The third kappa shape index (κ3) is 2.37. The molecule has 2 heterocycles. The third-order valence-electron chi connectivity index (χ3n) is 2.98. The monoisotopic (exact) mass is 255 g/mol. The van der Waals surface area contributed by atoms with Gasteiger partial charge in [-0.3, -0.25) is 10.1 Å². The Morgan fingerprint density at radius 3 is 2.74 bits per heavy atom. The van der Waals surface area contributed by atoms with Crippen LogP contribution < -0.4 is 11.1 Å². The summed E-state index contributed by atoms with van der Waals surface area (Å²) in [6, 6.07) is 9.45. The van der Waals surface area contributed by atoms with E-state index in [1.807, 2.05) is 18.2 Å². The molecular formula is C13H13N5O. The van der Waals surface area contributed by atoms with Crippen LogP contribution in [0.5, 0.6) is 0 Å². The van der Waals surface area contributed by atoms with Gasteiger partial charge in [0.25, 0.3) is 5.91 Å². The van der Waals surface area contributed by atoms with E-state index in [-0.39, 0.29) is 11.9 Å². The van der Waals surface area contributed by atoms with Gasteiger partial charge in [0.2, 0.25) is 5.96 Å². The number of aliphatic imine (C=N–C) groups is 3. The second kappa shape index (κ2) is 4.64. The van der Waals surface area contributed by atoms with Crippen molar-refractivity contribution in [2.24, 2.45) is 20.7 Å². The van der Waals surface area contributed by atoms with Gasteiger partial charge in [-0.25, -0.2) is 9.98 Å². The van der Waals surface area contributed by atoms with E-state index in [1.54, 1.807) is 0 Å². The molecule has 1 atom stereocenters. The number of rotatable bonds is 3. The number of nitrogens with one attached hydrogen (secondary N) is 1. The maximum atomic E-state index is 11.6. The van der Waals surface area contributed by atoms with Gasteiger partial charge in [0, 0.05) is 6.42 Å². The molecule has 3 N–H and O–H groups in total. The van der Waals surface area contributed by atoms with Crippen LogP contribution in [0.3, 0.4) is 0 Å². The molecule has 19 heavy (non-hydrogen) atoms. The lowest BCUT2D eigenvalue weighted by molar-refractivity contribution is -0.119. The van der Waals surface area contributed by atoms with Crippen molar-refractivity contribution in [3.05, 3.63) is 35.9 Å². The Kier molecular flexibility index (Phi) is 2.83. The van der Waals surface area contributed by atoms with Crippen molar-refractivity contribution in [3.8, 4) is 0 Å². The second-order valence-electron chi connectivity index (χ2n) is 4.39. The highest BCUT2D eigenvalue weighted by atomic mass is 16.2. The fourth-order valence-corrected chi connectivity index (χ4v) is 2.06. The number of benzene rings is 1. The largest absolute Gasteiger partial charge is 0.369 e. The number of aryl methyl sites for hydroxylation is 1. The minimum absolute atomic E-state index is 0.0829. The Balaban J connectivity index is 1.71. The number of hydrogen-bond donors (Lipinski definition) is 2. The maximum absolute atomic E-state index is 11.6. The lowest BCUT2D eigenvalue weighted by Gasteiger charge is -2.13. The average molecular weight is 255 g/mol. The summed E-state index contributed by atoms with van der Waals surface area (Å²) in [5, 5.41) is 2.45. The molecular weight excluding hydrogens is 242 g/mol. The van der Waals surface area contributed by atoms with Crippen LogP contribution in [-0.4, -0.2) is 29.6 Å². The molecule has 0 spiro atoms. The zero-order valence-corrected chi connectivity index (χ0v) is 10.2. The van der Waals surface area contributed by atoms with Crippen molar-refractivity contribution in [1.82, 2.24) is 5.32 Å². The summed E-state index contributed by atoms with van der Waals surface area (Å²) in [5.41, 5.74) is 6.69. The summed E-state index contributed by atoms with van der Waals surface area (Å²) in [5.74, 6) is 0.863. The molecule has 0 aliphatic carbocycles. The molecule has 2 aliphatic rings. The molecule has 6 heteroatoms. The lowest BCUT2D eigenvalue weighted by atomic mass is 10.1. The topological polar surface area (TPSA) is 92.2 Å². The highest BCUT2D eigenvalue weighted by Gasteiger charge is 2.33. The molecule has 96 valence electrons. The Bertz CT molecular complexity index is 603. The number of nitrogens with two attached hydrogens (primary N) is 1. The molecule has 0 bridgehead atoms. The van der Waals surface area contributed by atoms with E-state index in [4.69, 9.17) is 5.73 Å². The number of carbonyl (C=O) groups is 1. The summed E-state index contributed by atoms with van der Waals surface area (Å²) < 4.78 is 0. The van der Waals surface area contributed by atoms with Crippen LogP contribution in [-0.2, 0) is 11.2 Å². The van der Waals surface area contributed by atoms with Crippen LogP contribution in [0.15, 0.2) is 45.3 Å². The second-order valence-corrected chi connectivity index (χ2v) is 4.39. The van der Waals surface area contributed by atoms with Crippen molar-refractivity contribution < 1.29 is 4.79 Å². The van der Waals surface area contributed by atoms with Crippen LogP contribution in [0.1, 0.15) is 12.0 Å². The zero-order valence-electron chi connectivity index (χ0n) is 10.2. The van der Waals surface area contributed by atoms with Crippen molar-refractivity contribution in [3.63, 3.8) is 0 Å². The van der Waals surface area contributed by atoms with Gasteiger partial charge in [-0.1, -0.05) is 30.3 Å². The number of fused-ring (bicyclic) bond motifs is 1. The van der Waals surface area contributed by atoms with Gasteiger partial charge in [0.15, 0.2) is 11.9 Å². The van der Waals surface area contributed by atoms with Gasteiger partial charge >= 0.3 is 0 Å². The molecule has 3 rings (SSSR count). The van der Waals surface area contributed by atoms with E-state index in [0.717, 1.165) is 6.42 Å². The summed E-state index contributed by atoms with van der Waals surface area (Å²) in [6.45, 7) is 0. The fourth-order valence-electron chi connectivity index (χ4n) is 2.06. The molecule has 0 aromatic heterocycles. The first-order valence-electron chi connectivity index (χ1n) is 6.06. The molecule has 6 nitrogen and oxygen atoms in total. The standard InChI is InChI=1S/C13H13N5O/c14-13-17-11-10(12(19)18-13)15-9(16-11)7-6-8-4-2-1-3-5-8/h1-5,10H,6-7H2,(H3,14,15,16,17,18,19). The van der Waals surface area contributed by atoms with E-state index in [9.17, 15) is 4.79 Å². The number of amides is 1. The molecule has 1 aromatic rings. The van der Waals surface area contributed by atoms with Gasteiger partial charge in [0.05, 0.1) is 0 Å². The van der Waals surface area contributed by atoms with Crippen LogP contribution >= 0.6 is 0 Å². The first kappa shape index (κ1) is 11.6. The van der Waals surface area contributed by atoms with Gasteiger partial charge in [-0.15, -0.1) is 0 Å². The maximum Gasteiger partial charge on any atom is 0.259 e. The Morgan fingerprint density at radius 2 is 1.95 bits per heavy atom. The molecule has 0 radical (unpaired) electrons. The Morgan fingerprint density at radius 1 is 1.16 bits per heavy atom. The van der Waals surface area contributed by atoms with Crippen LogP contribution in [0.4, 0.5) is 0 Å². The first-order valence-corrected chi connectivity index (χ1v) is 6.06. The van der Waals surface area contributed by atoms with E-state index < -0.39 is 6.04 Å². The van der Waals surface area contributed by atoms with Crippen LogP contribution in [0.25, 0.3) is 0 Å². The summed E-state index contributed by atoms with van der Waals surface area (Å²) in [7, 11) is 0. The van der Waals surface area contributed by atoms with Gasteiger partial charge < -0.3 is 5.73 Å². The zero-order chi connectivity index (χ0) is 13.2. The molecule has 1 amide bonds. The average Bonchev–Trinajstić information content (AvgIpc) is 2.81. The van der Waals surface area contributed by atoms with E-state index in [0.29, 0.717) is 18.1 Å². The SMILES string of the molecule is NC1=NC2=NC(CCc3ccccc3)=NC2C(=O)N1. The number of amidine groups is 2. The van der Waals surface area contributed by atoms with Crippen molar-refractivity contribution in [1.29, 1.82) is 0 Å². The lowest BCUT2D eigenvalue weighted by Crippen LogP contribution is -2.49. The summed E-state index contributed by atoms with van der Waals surface area (Å²) in [4.78, 5) is 24.2. The third-order valence-corrected chi connectivity index (χ3v) is 2.98.